The van der Waals surface area contributed by atoms with Crippen LogP contribution in [0.4, 0.5) is 5.95 Å². The standard InChI is InChI=1S/C12H17N5O5/c1-13-12-15-9-6(10(20)16-12)14-4-17(9)11-8(21-2)7(19)5(3-18)22-11/h4-5,7-8,11,18-19H,3H2,1-2H3,(H2,13,15,16,20)/t5-,7+,8-,11-/m1/s1. The average molecular weight is 311 g/mol. The van der Waals surface area contributed by atoms with Crippen molar-refractivity contribution in [2.24, 2.45) is 0 Å². The predicted octanol–water partition coefficient (Wildman–Crippen LogP) is -1.57. The van der Waals surface area contributed by atoms with Gasteiger partial charge >= 0.3 is 0 Å². The van der Waals surface area contributed by atoms with Crippen LogP contribution in [0.2, 0.25) is 0 Å². The Kier molecular flexibility index (Phi) is 3.83. The van der Waals surface area contributed by atoms with E-state index in [4.69, 9.17) is 9.47 Å². The Labute approximate surface area is 124 Å². The van der Waals surface area contributed by atoms with Crippen LogP contribution >= 0.6 is 0 Å². The molecule has 1 aliphatic heterocycles. The van der Waals surface area contributed by atoms with Gasteiger partial charge in [-0.15, -0.1) is 0 Å². The molecule has 3 heterocycles. The van der Waals surface area contributed by atoms with Gasteiger partial charge in [0.1, 0.15) is 18.3 Å². The highest BCUT2D eigenvalue weighted by Gasteiger charge is 2.45. The minimum absolute atomic E-state index is 0.152. The van der Waals surface area contributed by atoms with Gasteiger partial charge in [0, 0.05) is 14.2 Å². The third kappa shape index (κ3) is 2.16. The van der Waals surface area contributed by atoms with Crippen LogP contribution in [-0.2, 0) is 9.47 Å². The van der Waals surface area contributed by atoms with Crippen molar-refractivity contribution in [2.45, 2.75) is 24.5 Å². The summed E-state index contributed by atoms with van der Waals surface area (Å²) >= 11 is 0. The molecule has 1 fully saturated rings. The zero-order valence-electron chi connectivity index (χ0n) is 12.1. The van der Waals surface area contributed by atoms with Crippen molar-refractivity contribution < 1.29 is 19.7 Å². The second-order valence-electron chi connectivity index (χ2n) is 4.93. The third-order valence-electron chi connectivity index (χ3n) is 3.71. The molecule has 4 N–H and O–H groups in total. The summed E-state index contributed by atoms with van der Waals surface area (Å²) in [4.78, 5) is 22.8. The summed E-state index contributed by atoms with van der Waals surface area (Å²) < 4.78 is 12.4. The zero-order valence-corrected chi connectivity index (χ0v) is 12.1. The first kappa shape index (κ1) is 14.9. The molecule has 120 valence electrons. The Hall–Kier alpha value is -2.01. The van der Waals surface area contributed by atoms with Crippen molar-refractivity contribution in [2.75, 3.05) is 26.1 Å². The Bertz CT molecular complexity index is 728. The summed E-state index contributed by atoms with van der Waals surface area (Å²) in [5, 5.41) is 22.1. The van der Waals surface area contributed by atoms with Crippen LogP contribution in [0, 0.1) is 0 Å². The Morgan fingerprint density at radius 1 is 1.59 bits per heavy atom. The van der Waals surface area contributed by atoms with E-state index in [2.05, 4.69) is 20.3 Å². The van der Waals surface area contributed by atoms with E-state index in [9.17, 15) is 15.0 Å². The van der Waals surface area contributed by atoms with Crippen LogP contribution in [-0.4, -0.2) is 68.8 Å². The topological polar surface area (TPSA) is 135 Å². The number of nitrogens with zero attached hydrogens (tertiary/aromatic N) is 3. The van der Waals surface area contributed by atoms with Gasteiger partial charge in [0.15, 0.2) is 17.4 Å². The van der Waals surface area contributed by atoms with Crippen LogP contribution in [0.15, 0.2) is 11.1 Å². The minimum Gasteiger partial charge on any atom is -0.394 e. The first-order chi connectivity index (χ1) is 10.6. The lowest BCUT2D eigenvalue weighted by atomic mass is 10.1. The zero-order chi connectivity index (χ0) is 15.9. The average Bonchev–Trinajstić information content (AvgIpc) is 3.07. The Balaban J connectivity index is 2.10. The minimum atomic E-state index is -0.997. The van der Waals surface area contributed by atoms with Gasteiger partial charge in [-0.05, 0) is 0 Å². The van der Waals surface area contributed by atoms with E-state index in [1.54, 1.807) is 7.05 Å². The van der Waals surface area contributed by atoms with Crippen LogP contribution < -0.4 is 10.9 Å². The number of aromatic amines is 1. The van der Waals surface area contributed by atoms with E-state index < -0.39 is 24.5 Å². The summed E-state index contributed by atoms with van der Waals surface area (Å²) in [6.07, 6.45) is -1.84. The van der Waals surface area contributed by atoms with E-state index in [0.29, 0.717) is 5.65 Å². The molecular formula is C12H17N5O5. The molecule has 0 spiro atoms. The molecule has 10 heteroatoms. The molecule has 0 aliphatic carbocycles. The van der Waals surface area contributed by atoms with Gasteiger partial charge in [-0.1, -0.05) is 0 Å². The second-order valence-corrected chi connectivity index (χ2v) is 4.93. The van der Waals surface area contributed by atoms with Gasteiger partial charge < -0.3 is 25.0 Å². The van der Waals surface area contributed by atoms with E-state index >= 15 is 0 Å². The molecule has 0 aromatic carbocycles. The van der Waals surface area contributed by atoms with Gasteiger partial charge in [0.25, 0.3) is 5.56 Å². The molecule has 2 aromatic rings. The number of aromatic nitrogens is 4. The Morgan fingerprint density at radius 3 is 3.00 bits per heavy atom. The summed E-state index contributed by atoms with van der Waals surface area (Å²) in [5.41, 5.74) is 0.0599. The lowest BCUT2D eigenvalue weighted by molar-refractivity contribution is -0.0583. The normalized spacial score (nSPS) is 28.4. The number of aliphatic hydroxyl groups excluding tert-OH is 2. The first-order valence-corrected chi connectivity index (χ1v) is 6.72. The molecule has 4 atom stereocenters. The molecule has 0 saturated carbocycles. The van der Waals surface area contributed by atoms with E-state index in [-0.39, 0.29) is 23.6 Å². The second kappa shape index (κ2) is 5.65. The highest BCUT2D eigenvalue weighted by molar-refractivity contribution is 5.70. The largest absolute Gasteiger partial charge is 0.394 e. The van der Waals surface area contributed by atoms with E-state index in [1.807, 2.05) is 0 Å². The number of methoxy groups -OCH3 is 1. The smallest absolute Gasteiger partial charge is 0.280 e. The van der Waals surface area contributed by atoms with Gasteiger partial charge in [-0.25, -0.2) is 4.98 Å². The van der Waals surface area contributed by atoms with Crippen LogP contribution in [0.5, 0.6) is 0 Å². The molecule has 2 aromatic heterocycles. The van der Waals surface area contributed by atoms with Crippen LogP contribution in [0.25, 0.3) is 11.2 Å². The van der Waals surface area contributed by atoms with Gasteiger partial charge in [-0.2, -0.15) is 4.98 Å². The number of anilines is 1. The number of imidazole rings is 1. The molecular weight excluding hydrogens is 294 g/mol. The molecule has 3 rings (SSSR count). The number of rotatable bonds is 4. The summed E-state index contributed by atoms with van der Waals surface area (Å²) in [6, 6.07) is 0. The van der Waals surface area contributed by atoms with Crippen molar-refractivity contribution >= 4 is 17.1 Å². The molecule has 1 aliphatic rings. The van der Waals surface area contributed by atoms with Crippen molar-refractivity contribution in [3.63, 3.8) is 0 Å². The molecule has 10 nitrogen and oxygen atoms in total. The molecule has 0 unspecified atom stereocenters. The SMILES string of the molecule is CNc1nc2c(ncn2[C@@H]2O[C@H](CO)[C@H](O)[C@H]2OC)c(=O)[nH]1. The van der Waals surface area contributed by atoms with Crippen molar-refractivity contribution in [1.29, 1.82) is 0 Å². The molecule has 0 bridgehead atoms. The highest BCUT2D eigenvalue weighted by atomic mass is 16.6. The maximum atomic E-state index is 11.9. The molecule has 0 radical (unpaired) electrons. The fourth-order valence-electron chi connectivity index (χ4n) is 2.58. The number of hydrogen-bond donors (Lipinski definition) is 4. The maximum absolute atomic E-state index is 11.9. The van der Waals surface area contributed by atoms with Gasteiger partial charge in [-0.3, -0.25) is 14.3 Å². The highest BCUT2D eigenvalue weighted by Crippen LogP contribution is 2.32. The molecule has 0 amide bonds. The number of hydrogen-bond acceptors (Lipinski definition) is 8. The number of nitrogens with one attached hydrogen (secondary N) is 2. The number of ether oxygens (including phenoxy) is 2. The maximum Gasteiger partial charge on any atom is 0.280 e. The van der Waals surface area contributed by atoms with E-state index in [0.717, 1.165) is 0 Å². The van der Waals surface area contributed by atoms with Gasteiger partial charge in [0.05, 0.1) is 12.9 Å². The van der Waals surface area contributed by atoms with Gasteiger partial charge in [0.2, 0.25) is 5.95 Å². The number of aliphatic hydroxyl groups is 2. The number of fused-ring (bicyclic) bond motifs is 1. The van der Waals surface area contributed by atoms with E-state index in [1.165, 1.54) is 18.0 Å². The molecule has 1 saturated heterocycles. The third-order valence-corrected chi connectivity index (χ3v) is 3.71. The van der Waals surface area contributed by atoms with Crippen molar-refractivity contribution in [3.8, 4) is 0 Å². The monoisotopic (exact) mass is 311 g/mol. The summed E-state index contributed by atoms with van der Waals surface area (Å²) in [6.45, 7) is -0.347. The summed E-state index contributed by atoms with van der Waals surface area (Å²) in [5.74, 6) is 0.283. The molecule has 22 heavy (non-hydrogen) atoms. The first-order valence-electron chi connectivity index (χ1n) is 6.72. The predicted molar refractivity (Wildman–Crippen MR) is 75.5 cm³/mol. The fraction of sp³-hybridized carbons (Fsp3) is 0.583. The number of H-pyrrole nitrogens is 1. The van der Waals surface area contributed by atoms with Crippen LogP contribution in [0.1, 0.15) is 6.23 Å². The van der Waals surface area contributed by atoms with Crippen molar-refractivity contribution in [1.82, 2.24) is 19.5 Å². The Morgan fingerprint density at radius 2 is 2.36 bits per heavy atom. The quantitative estimate of drug-likeness (QED) is 0.532. The summed E-state index contributed by atoms with van der Waals surface area (Å²) in [7, 11) is 3.06. The van der Waals surface area contributed by atoms with Crippen LogP contribution in [0.3, 0.4) is 0 Å². The lowest BCUT2D eigenvalue weighted by Gasteiger charge is -2.19. The van der Waals surface area contributed by atoms with Crippen molar-refractivity contribution in [3.05, 3.63) is 16.7 Å². The lowest BCUT2D eigenvalue weighted by Crippen LogP contribution is -2.34. The fourth-order valence-corrected chi connectivity index (χ4v) is 2.58.